The van der Waals surface area contributed by atoms with Crippen LogP contribution < -0.4 is 10.1 Å². The Hall–Kier alpha value is -3.23. The van der Waals surface area contributed by atoms with Crippen LogP contribution in [0.5, 0.6) is 5.75 Å². The number of ether oxygens (including phenoxy) is 1. The molecular weight excluding hydrogens is 408 g/mol. The highest BCUT2D eigenvalue weighted by Gasteiger charge is 2.25. The molecule has 1 saturated heterocycles. The third-order valence-corrected chi connectivity index (χ3v) is 6.17. The molecule has 2 heterocycles. The van der Waals surface area contributed by atoms with Crippen LogP contribution in [0.4, 0.5) is 10.7 Å². The first-order valence-corrected chi connectivity index (χ1v) is 11.4. The molecule has 2 aromatic rings. The molecule has 0 atom stereocenters. The number of amides is 3. The molecule has 1 aliphatic heterocycles. The lowest BCUT2D eigenvalue weighted by molar-refractivity contribution is 0.0671. The number of hydrogen-bond acceptors (Lipinski definition) is 6. The van der Waals surface area contributed by atoms with E-state index in [1.807, 2.05) is 24.3 Å². The van der Waals surface area contributed by atoms with Crippen molar-refractivity contribution in [2.24, 2.45) is 5.92 Å². The molecule has 170 valence electrons. The summed E-state index contributed by atoms with van der Waals surface area (Å²) < 4.78 is 5.94. The largest absolute Gasteiger partial charge is 0.494 e. The summed E-state index contributed by atoms with van der Waals surface area (Å²) >= 11 is 0. The van der Waals surface area contributed by atoms with Crippen LogP contribution in [0.25, 0.3) is 0 Å². The van der Waals surface area contributed by atoms with Gasteiger partial charge in [0.1, 0.15) is 18.4 Å². The number of urea groups is 1. The number of rotatable bonds is 6. The van der Waals surface area contributed by atoms with Crippen LogP contribution in [0.15, 0.2) is 36.9 Å². The van der Waals surface area contributed by atoms with E-state index in [9.17, 15) is 9.59 Å². The molecule has 1 aromatic heterocycles. The Balaban J connectivity index is 1.24. The van der Waals surface area contributed by atoms with E-state index in [2.05, 4.69) is 20.3 Å². The second kappa shape index (κ2) is 10.9. The standard InChI is InChI=1S/C23H30N6O3/c30-21(19-7-4-8-20(15-19)32-14-9-18-5-2-1-3-6-18)28-10-12-29(13-11-28)23(31)27-22-25-16-24-17-26-22/h4,7-8,15-18H,1-3,5-6,9-14H2,(H,24,25,26,27,31). The number of anilines is 1. The highest BCUT2D eigenvalue weighted by molar-refractivity contribution is 5.95. The van der Waals surface area contributed by atoms with Gasteiger partial charge >= 0.3 is 6.03 Å². The summed E-state index contributed by atoms with van der Waals surface area (Å²) in [4.78, 5) is 40.3. The number of piperazine rings is 1. The molecule has 0 radical (unpaired) electrons. The molecule has 1 aliphatic carbocycles. The van der Waals surface area contributed by atoms with Crippen molar-refractivity contribution < 1.29 is 14.3 Å². The summed E-state index contributed by atoms with van der Waals surface area (Å²) in [6, 6.07) is 7.12. The zero-order valence-corrected chi connectivity index (χ0v) is 18.3. The minimum atomic E-state index is -0.281. The first kappa shape index (κ1) is 22.0. The summed E-state index contributed by atoms with van der Waals surface area (Å²) in [5.41, 5.74) is 0.614. The van der Waals surface area contributed by atoms with Crippen molar-refractivity contribution in [3.8, 4) is 5.75 Å². The van der Waals surface area contributed by atoms with Crippen molar-refractivity contribution in [2.75, 3.05) is 38.1 Å². The number of nitrogens with one attached hydrogen (secondary N) is 1. The van der Waals surface area contributed by atoms with Crippen LogP contribution in [0.3, 0.4) is 0 Å². The van der Waals surface area contributed by atoms with Gasteiger partial charge in [-0.1, -0.05) is 38.2 Å². The van der Waals surface area contributed by atoms with E-state index < -0.39 is 0 Å². The summed E-state index contributed by atoms with van der Waals surface area (Å²) in [7, 11) is 0. The number of benzene rings is 1. The van der Waals surface area contributed by atoms with Crippen LogP contribution >= 0.6 is 0 Å². The molecule has 32 heavy (non-hydrogen) atoms. The van der Waals surface area contributed by atoms with Crippen molar-refractivity contribution in [1.82, 2.24) is 24.8 Å². The fraction of sp³-hybridized carbons (Fsp3) is 0.522. The minimum Gasteiger partial charge on any atom is -0.494 e. The van der Waals surface area contributed by atoms with Gasteiger partial charge in [0.15, 0.2) is 0 Å². The third kappa shape index (κ3) is 5.93. The molecule has 9 heteroatoms. The quantitative estimate of drug-likeness (QED) is 0.743. The molecular formula is C23H30N6O3. The number of carbonyl (C=O) groups excluding carboxylic acids is 2. The predicted molar refractivity (Wildman–Crippen MR) is 119 cm³/mol. The third-order valence-electron chi connectivity index (χ3n) is 6.17. The van der Waals surface area contributed by atoms with Gasteiger partial charge in [0.05, 0.1) is 6.61 Å². The summed E-state index contributed by atoms with van der Waals surface area (Å²) in [6.07, 6.45) is 10.4. The average Bonchev–Trinajstić information content (AvgIpc) is 2.85. The van der Waals surface area contributed by atoms with Gasteiger partial charge in [0.2, 0.25) is 5.95 Å². The predicted octanol–water partition coefficient (Wildman–Crippen LogP) is 3.21. The highest BCUT2D eigenvalue weighted by Crippen LogP contribution is 2.26. The number of hydrogen-bond donors (Lipinski definition) is 1. The zero-order chi connectivity index (χ0) is 22.2. The SMILES string of the molecule is O=C(Nc1ncncn1)N1CCN(C(=O)c2cccc(OCCC3CCCCC3)c2)CC1. The smallest absolute Gasteiger partial charge is 0.324 e. The van der Waals surface area contributed by atoms with Gasteiger partial charge in [-0.3, -0.25) is 10.1 Å². The van der Waals surface area contributed by atoms with Crippen LogP contribution in [-0.4, -0.2) is 69.5 Å². The second-order valence-corrected chi connectivity index (χ2v) is 8.34. The molecule has 2 fully saturated rings. The monoisotopic (exact) mass is 438 g/mol. The maximum atomic E-state index is 13.0. The van der Waals surface area contributed by atoms with Crippen LogP contribution in [0.2, 0.25) is 0 Å². The van der Waals surface area contributed by atoms with Gasteiger partial charge < -0.3 is 14.5 Å². The number of aromatic nitrogens is 3. The van der Waals surface area contributed by atoms with Crippen LogP contribution in [-0.2, 0) is 0 Å². The van der Waals surface area contributed by atoms with Gasteiger partial charge in [0.25, 0.3) is 5.91 Å². The van der Waals surface area contributed by atoms with E-state index >= 15 is 0 Å². The topological polar surface area (TPSA) is 101 Å². The zero-order valence-electron chi connectivity index (χ0n) is 18.3. The van der Waals surface area contributed by atoms with Crippen LogP contribution in [0.1, 0.15) is 48.9 Å². The summed E-state index contributed by atoms with van der Waals surface area (Å²) in [5.74, 6) is 1.68. The van der Waals surface area contributed by atoms with E-state index in [4.69, 9.17) is 4.74 Å². The maximum Gasteiger partial charge on any atom is 0.324 e. The summed E-state index contributed by atoms with van der Waals surface area (Å²) in [5, 5.41) is 2.64. The van der Waals surface area contributed by atoms with E-state index in [1.165, 1.54) is 44.8 Å². The van der Waals surface area contributed by atoms with Gasteiger partial charge in [-0.15, -0.1) is 0 Å². The van der Waals surface area contributed by atoms with E-state index in [0.717, 1.165) is 18.1 Å². The summed E-state index contributed by atoms with van der Waals surface area (Å²) in [6.45, 7) is 2.52. The lowest BCUT2D eigenvalue weighted by atomic mass is 9.87. The number of nitrogens with zero attached hydrogens (tertiary/aromatic N) is 5. The van der Waals surface area contributed by atoms with E-state index in [0.29, 0.717) is 38.3 Å². The molecule has 0 spiro atoms. The molecule has 9 nitrogen and oxygen atoms in total. The maximum absolute atomic E-state index is 13.0. The first-order chi connectivity index (χ1) is 15.7. The van der Waals surface area contributed by atoms with Gasteiger partial charge in [-0.2, -0.15) is 0 Å². The van der Waals surface area contributed by atoms with Gasteiger partial charge in [0, 0.05) is 31.7 Å². The molecule has 1 N–H and O–H groups in total. The normalized spacial score (nSPS) is 17.1. The number of carbonyl (C=O) groups is 2. The Morgan fingerprint density at radius 3 is 2.47 bits per heavy atom. The lowest BCUT2D eigenvalue weighted by Crippen LogP contribution is -2.51. The van der Waals surface area contributed by atoms with Crippen molar-refractivity contribution in [2.45, 2.75) is 38.5 Å². The minimum absolute atomic E-state index is 0.0414. The molecule has 2 aliphatic rings. The Morgan fingerprint density at radius 1 is 1.00 bits per heavy atom. The van der Waals surface area contributed by atoms with E-state index in [1.54, 1.807) is 9.80 Å². The Morgan fingerprint density at radius 2 is 1.72 bits per heavy atom. The molecule has 4 rings (SSSR count). The molecule has 1 saturated carbocycles. The molecule has 1 aromatic carbocycles. The molecule has 3 amide bonds. The first-order valence-electron chi connectivity index (χ1n) is 11.4. The highest BCUT2D eigenvalue weighted by atomic mass is 16.5. The molecule has 0 bridgehead atoms. The van der Waals surface area contributed by atoms with Gasteiger partial charge in [-0.05, 0) is 30.5 Å². The van der Waals surface area contributed by atoms with Crippen molar-refractivity contribution in [3.05, 3.63) is 42.5 Å². The Bertz CT molecular complexity index is 896. The van der Waals surface area contributed by atoms with Gasteiger partial charge in [-0.25, -0.2) is 19.7 Å². The van der Waals surface area contributed by atoms with Crippen LogP contribution in [0, 0.1) is 5.92 Å². The Labute approximate surface area is 188 Å². The van der Waals surface area contributed by atoms with E-state index in [-0.39, 0.29) is 17.9 Å². The molecule has 0 unspecified atom stereocenters. The Kier molecular flexibility index (Phi) is 7.47. The average molecular weight is 439 g/mol. The fourth-order valence-electron chi connectivity index (χ4n) is 4.31. The lowest BCUT2D eigenvalue weighted by Gasteiger charge is -2.34. The van der Waals surface area contributed by atoms with Crippen molar-refractivity contribution >= 4 is 17.9 Å². The fourth-order valence-corrected chi connectivity index (χ4v) is 4.31. The van der Waals surface area contributed by atoms with Crippen molar-refractivity contribution in [1.29, 1.82) is 0 Å². The van der Waals surface area contributed by atoms with Crippen molar-refractivity contribution in [3.63, 3.8) is 0 Å². The second-order valence-electron chi connectivity index (χ2n) is 8.34.